The molecule has 0 unspecified atom stereocenters. The van der Waals surface area contributed by atoms with Crippen LogP contribution in [0.3, 0.4) is 0 Å². The molecule has 0 aliphatic rings. The smallest absolute Gasteiger partial charge is 0.204 e. The zero-order valence-electron chi connectivity index (χ0n) is 6.95. The summed E-state index contributed by atoms with van der Waals surface area (Å²) in [5.41, 5.74) is 0.745. The number of aromatic amines is 2. The molecule has 4 nitrogen and oxygen atoms in total. The van der Waals surface area contributed by atoms with Crippen LogP contribution in [0.4, 0.5) is 0 Å². The van der Waals surface area contributed by atoms with Gasteiger partial charge in [-0.1, -0.05) is 0 Å². The molecule has 0 aliphatic heterocycles. The molecule has 0 aliphatic carbocycles. The Morgan fingerprint density at radius 1 is 1.23 bits per heavy atom. The van der Waals surface area contributed by atoms with Gasteiger partial charge in [0.15, 0.2) is 5.88 Å². The fourth-order valence-corrected chi connectivity index (χ4v) is 1.09. The molecule has 0 saturated heterocycles. The molecule has 2 aromatic heterocycles. The fourth-order valence-electron chi connectivity index (χ4n) is 1.09. The predicted molar refractivity (Wildman–Crippen MR) is 47.6 cm³/mol. The lowest BCUT2D eigenvalue weighted by Gasteiger charge is -2.01. The molecule has 0 aromatic carbocycles. The molecular formula is C9H10N2O2. The van der Waals surface area contributed by atoms with Crippen LogP contribution in [0.15, 0.2) is 30.6 Å². The van der Waals surface area contributed by atoms with E-state index in [0.717, 1.165) is 5.56 Å². The third-order valence-electron chi connectivity index (χ3n) is 1.74. The average Bonchev–Trinajstić information content (AvgIpc) is 2.76. The van der Waals surface area contributed by atoms with Crippen LogP contribution in [0.25, 0.3) is 0 Å². The lowest BCUT2D eigenvalue weighted by molar-refractivity contribution is 0.276. The highest BCUT2D eigenvalue weighted by atomic mass is 16.5. The first kappa shape index (κ1) is 7.94. The number of rotatable bonds is 3. The number of hydrogen-bond donors (Lipinski definition) is 3. The monoisotopic (exact) mass is 178 g/mol. The number of hydrogen-bond acceptors (Lipinski definition) is 2. The zero-order chi connectivity index (χ0) is 9.10. The van der Waals surface area contributed by atoms with Crippen molar-refractivity contribution in [3.05, 3.63) is 36.2 Å². The highest BCUT2D eigenvalue weighted by Gasteiger charge is 2.04. The molecule has 0 saturated carbocycles. The van der Waals surface area contributed by atoms with E-state index in [9.17, 15) is 0 Å². The predicted octanol–water partition coefficient (Wildman–Crippen LogP) is 1.63. The number of nitrogens with one attached hydrogen (secondary N) is 2. The minimum atomic E-state index is -0.0282. The number of aliphatic hydroxyl groups excluding tert-OH is 1. The fraction of sp³-hybridized carbons (Fsp3) is 0.111. The van der Waals surface area contributed by atoms with E-state index < -0.39 is 0 Å². The normalized spacial score (nSPS) is 10.2. The molecule has 2 rings (SSSR count). The van der Waals surface area contributed by atoms with Gasteiger partial charge in [-0.15, -0.1) is 0 Å². The van der Waals surface area contributed by atoms with Crippen LogP contribution in [0.5, 0.6) is 11.8 Å². The van der Waals surface area contributed by atoms with Crippen molar-refractivity contribution in [2.24, 2.45) is 0 Å². The Bertz CT molecular complexity index is 365. The molecule has 2 heterocycles. The first-order chi connectivity index (χ1) is 6.40. The summed E-state index contributed by atoms with van der Waals surface area (Å²) < 4.78 is 5.41. The van der Waals surface area contributed by atoms with Gasteiger partial charge in [0, 0.05) is 24.0 Å². The van der Waals surface area contributed by atoms with Gasteiger partial charge in [-0.2, -0.15) is 0 Å². The maximum Gasteiger partial charge on any atom is 0.204 e. The third-order valence-corrected chi connectivity index (χ3v) is 1.74. The minimum absolute atomic E-state index is 0.0282. The van der Waals surface area contributed by atoms with Gasteiger partial charge >= 0.3 is 0 Å². The van der Waals surface area contributed by atoms with Crippen molar-refractivity contribution in [2.45, 2.75) is 6.61 Å². The summed E-state index contributed by atoms with van der Waals surface area (Å²) in [6, 6.07) is 5.43. The van der Waals surface area contributed by atoms with Crippen LogP contribution in [-0.2, 0) is 6.61 Å². The van der Waals surface area contributed by atoms with Crippen LogP contribution in [0.2, 0.25) is 0 Å². The van der Waals surface area contributed by atoms with E-state index in [1.54, 1.807) is 18.5 Å². The van der Waals surface area contributed by atoms with E-state index in [1.165, 1.54) is 0 Å². The van der Waals surface area contributed by atoms with Gasteiger partial charge in [0.2, 0.25) is 5.88 Å². The lowest BCUT2D eigenvalue weighted by atomic mass is 10.3. The van der Waals surface area contributed by atoms with Crippen LogP contribution in [-0.4, -0.2) is 15.1 Å². The minimum Gasteiger partial charge on any atom is -0.424 e. The second-order valence-corrected chi connectivity index (χ2v) is 2.63. The van der Waals surface area contributed by atoms with E-state index >= 15 is 0 Å². The van der Waals surface area contributed by atoms with E-state index in [0.29, 0.717) is 11.8 Å². The molecular weight excluding hydrogens is 168 g/mol. The molecule has 0 bridgehead atoms. The molecule has 0 amide bonds. The zero-order valence-corrected chi connectivity index (χ0v) is 6.95. The molecule has 4 heteroatoms. The van der Waals surface area contributed by atoms with Crippen molar-refractivity contribution in [3.63, 3.8) is 0 Å². The van der Waals surface area contributed by atoms with Gasteiger partial charge in [-0.05, 0) is 12.1 Å². The van der Waals surface area contributed by atoms with Crippen molar-refractivity contribution in [2.75, 3.05) is 0 Å². The van der Waals surface area contributed by atoms with Crippen LogP contribution in [0, 0.1) is 0 Å². The maximum absolute atomic E-state index is 8.93. The number of aliphatic hydroxyl groups is 1. The largest absolute Gasteiger partial charge is 0.424 e. The van der Waals surface area contributed by atoms with Gasteiger partial charge in [-0.3, -0.25) is 0 Å². The second-order valence-electron chi connectivity index (χ2n) is 2.63. The average molecular weight is 178 g/mol. The summed E-state index contributed by atoms with van der Waals surface area (Å²) in [6.07, 6.45) is 3.50. The van der Waals surface area contributed by atoms with Crippen molar-refractivity contribution in [1.29, 1.82) is 0 Å². The van der Waals surface area contributed by atoms with Crippen molar-refractivity contribution in [1.82, 2.24) is 9.97 Å². The first-order valence-electron chi connectivity index (χ1n) is 3.98. The molecule has 0 spiro atoms. The molecule has 13 heavy (non-hydrogen) atoms. The Morgan fingerprint density at radius 2 is 2.15 bits per heavy atom. The molecule has 0 atom stereocenters. The Kier molecular flexibility index (Phi) is 2.06. The Labute approximate surface area is 75.2 Å². The van der Waals surface area contributed by atoms with Gasteiger partial charge < -0.3 is 19.8 Å². The third kappa shape index (κ3) is 1.57. The highest BCUT2D eigenvalue weighted by molar-refractivity contribution is 5.29. The molecule has 0 fully saturated rings. The number of aromatic nitrogens is 2. The van der Waals surface area contributed by atoms with E-state index in [2.05, 4.69) is 9.97 Å². The molecule has 2 aromatic rings. The van der Waals surface area contributed by atoms with E-state index in [-0.39, 0.29) is 6.61 Å². The van der Waals surface area contributed by atoms with E-state index in [4.69, 9.17) is 9.84 Å². The summed E-state index contributed by atoms with van der Waals surface area (Å²) >= 11 is 0. The lowest BCUT2D eigenvalue weighted by Crippen LogP contribution is -1.88. The number of ether oxygens (including phenoxy) is 1. The molecule has 3 N–H and O–H groups in total. The standard InChI is InChI=1S/C9H10N2O2/c12-6-7-3-5-11-9(7)13-8-2-1-4-10-8/h1-5,10-12H,6H2. The maximum atomic E-state index is 8.93. The second kappa shape index (κ2) is 3.37. The van der Waals surface area contributed by atoms with Crippen molar-refractivity contribution in [3.8, 4) is 11.8 Å². The summed E-state index contributed by atoms with van der Waals surface area (Å²) in [4.78, 5) is 5.80. The van der Waals surface area contributed by atoms with Crippen molar-refractivity contribution < 1.29 is 9.84 Å². The summed E-state index contributed by atoms with van der Waals surface area (Å²) in [6.45, 7) is -0.0282. The van der Waals surface area contributed by atoms with E-state index in [1.807, 2.05) is 12.1 Å². The van der Waals surface area contributed by atoms with Gasteiger partial charge in [0.05, 0.1) is 6.61 Å². The molecule has 0 radical (unpaired) electrons. The van der Waals surface area contributed by atoms with Gasteiger partial charge in [0.25, 0.3) is 0 Å². The van der Waals surface area contributed by atoms with Crippen LogP contribution in [0.1, 0.15) is 5.56 Å². The van der Waals surface area contributed by atoms with Crippen LogP contribution >= 0.6 is 0 Å². The Hall–Kier alpha value is -1.68. The quantitative estimate of drug-likeness (QED) is 0.668. The van der Waals surface area contributed by atoms with Gasteiger partial charge in [-0.25, -0.2) is 0 Å². The topological polar surface area (TPSA) is 61.0 Å². The van der Waals surface area contributed by atoms with Gasteiger partial charge in [0.1, 0.15) is 0 Å². The highest BCUT2D eigenvalue weighted by Crippen LogP contribution is 2.21. The van der Waals surface area contributed by atoms with Crippen molar-refractivity contribution >= 4 is 0 Å². The Morgan fingerprint density at radius 3 is 2.85 bits per heavy atom. The summed E-state index contributed by atoms with van der Waals surface area (Å²) in [5, 5.41) is 8.93. The summed E-state index contributed by atoms with van der Waals surface area (Å²) in [7, 11) is 0. The SMILES string of the molecule is OCc1cc[nH]c1Oc1ccc[nH]1. The van der Waals surface area contributed by atoms with Crippen LogP contribution < -0.4 is 4.74 Å². The first-order valence-corrected chi connectivity index (χ1v) is 3.98. The Balaban J connectivity index is 2.18. The molecule has 68 valence electrons. The number of H-pyrrole nitrogens is 2. The summed E-state index contributed by atoms with van der Waals surface area (Å²) in [5.74, 6) is 1.22.